The van der Waals surface area contributed by atoms with E-state index in [9.17, 15) is 9.59 Å². The van der Waals surface area contributed by atoms with Crippen LogP contribution in [-0.2, 0) is 17.8 Å². The van der Waals surface area contributed by atoms with E-state index in [4.69, 9.17) is 4.74 Å². The number of benzene rings is 1. The van der Waals surface area contributed by atoms with Crippen molar-refractivity contribution in [3.8, 4) is 5.75 Å². The van der Waals surface area contributed by atoms with Crippen LogP contribution in [0, 0.1) is 0 Å². The molecule has 0 aliphatic heterocycles. The maximum absolute atomic E-state index is 12.6. The quantitative estimate of drug-likeness (QED) is 0.654. The fraction of sp³-hybridized carbons (Fsp3) is 0.238. The van der Waals surface area contributed by atoms with Crippen LogP contribution in [-0.4, -0.2) is 28.9 Å². The summed E-state index contributed by atoms with van der Waals surface area (Å²) in [6, 6.07) is 12.5. The Bertz CT molecular complexity index is 1020. The van der Waals surface area contributed by atoms with Gasteiger partial charge in [0.25, 0.3) is 5.91 Å². The average Bonchev–Trinajstić information content (AvgIpc) is 3.33. The number of pyridine rings is 1. The number of nitrogens with zero attached hydrogens (tertiary/aromatic N) is 2. The van der Waals surface area contributed by atoms with E-state index >= 15 is 0 Å². The maximum atomic E-state index is 12.6. The van der Waals surface area contributed by atoms with E-state index in [1.165, 1.54) is 11.3 Å². The maximum Gasteiger partial charge on any atom is 0.257 e. The highest BCUT2D eigenvalue weighted by Gasteiger charge is 2.32. The van der Waals surface area contributed by atoms with Gasteiger partial charge in [0.05, 0.1) is 31.0 Å². The summed E-state index contributed by atoms with van der Waals surface area (Å²) < 4.78 is 5.11. The molecule has 1 unspecified atom stereocenters. The minimum absolute atomic E-state index is 0.0623. The van der Waals surface area contributed by atoms with Crippen LogP contribution in [0.15, 0.2) is 48.7 Å². The van der Waals surface area contributed by atoms with Crippen LogP contribution < -0.4 is 15.4 Å². The van der Waals surface area contributed by atoms with Gasteiger partial charge in [0.2, 0.25) is 5.91 Å². The number of carbonyl (C=O) groups is 2. The van der Waals surface area contributed by atoms with Crippen molar-refractivity contribution >= 4 is 28.3 Å². The number of hydrogen-bond donors (Lipinski definition) is 2. The van der Waals surface area contributed by atoms with Gasteiger partial charge < -0.3 is 10.1 Å². The highest BCUT2D eigenvalue weighted by Crippen LogP contribution is 2.38. The fourth-order valence-corrected chi connectivity index (χ4v) is 4.28. The molecule has 0 saturated heterocycles. The molecule has 1 aliphatic rings. The normalized spacial score (nSPS) is 14.9. The predicted octanol–water partition coefficient (Wildman–Crippen LogP) is 3.15. The summed E-state index contributed by atoms with van der Waals surface area (Å²) in [5.74, 6) is 0.0925. The van der Waals surface area contributed by atoms with Gasteiger partial charge in [0.15, 0.2) is 5.13 Å². The predicted molar refractivity (Wildman–Crippen MR) is 110 cm³/mol. The van der Waals surface area contributed by atoms with Gasteiger partial charge in [0, 0.05) is 16.6 Å². The molecule has 0 bridgehead atoms. The number of rotatable bonds is 6. The van der Waals surface area contributed by atoms with Crippen molar-refractivity contribution in [1.82, 2.24) is 15.3 Å². The number of amides is 2. The molecule has 29 heavy (non-hydrogen) atoms. The summed E-state index contributed by atoms with van der Waals surface area (Å²) in [5.41, 5.74) is 2.09. The molecule has 4 rings (SSSR count). The molecule has 148 valence electrons. The smallest absolute Gasteiger partial charge is 0.257 e. The van der Waals surface area contributed by atoms with E-state index in [1.807, 2.05) is 18.2 Å². The van der Waals surface area contributed by atoms with E-state index in [2.05, 4.69) is 20.6 Å². The van der Waals surface area contributed by atoms with Gasteiger partial charge in [-0.2, -0.15) is 0 Å². The van der Waals surface area contributed by atoms with E-state index < -0.39 is 0 Å². The first-order valence-electron chi connectivity index (χ1n) is 9.26. The van der Waals surface area contributed by atoms with Crippen LogP contribution in [0.4, 0.5) is 5.13 Å². The fourth-order valence-electron chi connectivity index (χ4n) is 3.25. The van der Waals surface area contributed by atoms with Crippen molar-refractivity contribution < 1.29 is 14.3 Å². The first-order valence-corrected chi connectivity index (χ1v) is 10.1. The average molecular weight is 408 g/mol. The van der Waals surface area contributed by atoms with Crippen LogP contribution in [0.2, 0.25) is 0 Å². The molecule has 3 aromatic rings. The second-order valence-electron chi connectivity index (χ2n) is 6.64. The molecular formula is C21H20N4O3S. The third kappa shape index (κ3) is 4.27. The number of thiazole rings is 1. The zero-order valence-corrected chi connectivity index (χ0v) is 16.7. The number of ether oxygens (including phenoxy) is 1. The van der Waals surface area contributed by atoms with Crippen LogP contribution in [0.25, 0.3) is 0 Å². The standard InChI is InChI=1S/C21H20N4O3S/c1-28-15-7-5-13(6-8-15)19(26)25-21-24-18-16(9-10-17(18)29-21)20(27)23-12-14-4-2-3-11-22-14/h2-8,11,16H,9-10,12H2,1H3,(H,23,27)(H,24,25,26). The van der Waals surface area contributed by atoms with Crippen molar-refractivity contribution in [2.45, 2.75) is 25.3 Å². The molecule has 1 aliphatic carbocycles. The number of carbonyl (C=O) groups excluding carboxylic acids is 2. The number of anilines is 1. The lowest BCUT2D eigenvalue weighted by Crippen LogP contribution is -2.28. The van der Waals surface area contributed by atoms with Gasteiger partial charge in [-0.25, -0.2) is 4.98 Å². The Balaban J connectivity index is 1.40. The molecule has 1 aromatic carbocycles. The number of fused-ring (bicyclic) bond motifs is 1. The molecule has 2 N–H and O–H groups in total. The Labute approximate surface area is 172 Å². The summed E-state index contributed by atoms with van der Waals surface area (Å²) in [4.78, 5) is 34.9. The largest absolute Gasteiger partial charge is 0.497 e. The number of hydrogen-bond acceptors (Lipinski definition) is 6. The molecule has 0 spiro atoms. The SMILES string of the molecule is COc1ccc(C(=O)Nc2nc3c(s2)CCC3C(=O)NCc2ccccn2)cc1. The molecule has 0 radical (unpaired) electrons. The van der Waals surface area contributed by atoms with Gasteiger partial charge in [-0.1, -0.05) is 6.07 Å². The van der Waals surface area contributed by atoms with Crippen LogP contribution in [0.5, 0.6) is 5.75 Å². The second-order valence-corrected chi connectivity index (χ2v) is 7.72. The molecule has 0 fully saturated rings. The lowest BCUT2D eigenvalue weighted by atomic mass is 10.1. The Hall–Kier alpha value is -3.26. The second kappa shape index (κ2) is 8.40. The Morgan fingerprint density at radius 3 is 2.76 bits per heavy atom. The molecule has 2 heterocycles. The van der Waals surface area contributed by atoms with Gasteiger partial charge in [-0.3, -0.25) is 19.9 Å². The first kappa shape index (κ1) is 19.1. The van der Waals surface area contributed by atoms with Crippen LogP contribution >= 0.6 is 11.3 Å². The summed E-state index contributed by atoms with van der Waals surface area (Å²) in [6.07, 6.45) is 3.22. The third-order valence-electron chi connectivity index (χ3n) is 4.78. The molecule has 0 saturated carbocycles. The first-order chi connectivity index (χ1) is 14.1. The zero-order valence-electron chi connectivity index (χ0n) is 15.8. The molecule has 8 heteroatoms. The Morgan fingerprint density at radius 1 is 1.21 bits per heavy atom. The van der Waals surface area contributed by atoms with E-state index in [0.717, 1.165) is 29.1 Å². The molecule has 7 nitrogen and oxygen atoms in total. The summed E-state index contributed by atoms with van der Waals surface area (Å²) in [5, 5.41) is 6.27. The Morgan fingerprint density at radius 2 is 2.03 bits per heavy atom. The number of methoxy groups -OCH3 is 1. The highest BCUT2D eigenvalue weighted by atomic mass is 32.1. The van der Waals surface area contributed by atoms with Crippen molar-refractivity contribution in [1.29, 1.82) is 0 Å². The molecular weight excluding hydrogens is 388 g/mol. The third-order valence-corrected chi connectivity index (χ3v) is 5.82. The number of nitrogens with one attached hydrogen (secondary N) is 2. The number of aryl methyl sites for hydroxylation is 1. The van der Waals surface area contributed by atoms with E-state index in [1.54, 1.807) is 37.6 Å². The highest BCUT2D eigenvalue weighted by molar-refractivity contribution is 7.16. The monoisotopic (exact) mass is 408 g/mol. The van der Waals surface area contributed by atoms with Crippen LogP contribution in [0.3, 0.4) is 0 Å². The van der Waals surface area contributed by atoms with E-state index in [-0.39, 0.29) is 17.7 Å². The van der Waals surface area contributed by atoms with Crippen molar-refractivity contribution in [3.05, 3.63) is 70.5 Å². The summed E-state index contributed by atoms with van der Waals surface area (Å²) >= 11 is 1.43. The van der Waals surface area contributed by atoms with Crippen LogP contribution in [0.1, 0.15) is 39.0 Å². The van der Waals surface area contributed by atoms with E-state index in [0.29, 0.717) is 23.0 Å². The van der Waals surface area contributed by atoms with Crippen molar-refractivity contribution in [2.75, 3.05) is 12.4 Å². The Kier molecular flexibility index (Phi) is 5.53. The van der Waals surface area contributed by atoms with Gasteiger partial charge in [0.1, 0.15) is 5.75 Å². The zero-order chi connectivity index (χ0) is 20.2. The molecule has 2 amide bonds. The van der Waals surface area contributed by atoms with Crippen molar-refractivity contribution in [3.63, 3.8) is 0 Å². The minimum atomic E-state index is -0.295. The molecule has 2 aromatic heterocycles. The number of aromatic nitrogens is 2. The topological polar surface area (TPSA) is 93.2 Å². The molecule has 1 atom stereocenters. The summed E-state index contributed by atoms with van der Waals surface area (Å²) in [7, 11) is 1.58. The van der Waals surface area contributed by atoms with Gasteiger partial charge in [-0.05, 0) is 49.2 Å². The van der Waals surface area contributed by atoms with Crippen molar-refractivity contribution in [2.24, 2.45) is 0 Å². The lowest BCUT2D eigenvalue weighted by molar-refractivity contribution is -0.122. The van der Waals surface area contributed by atoms with Gasteiger partial charge >= 0.3 is 0 Å². The van der Waals surface area contributed by atoms with Gasteiger partial charge in [-0.15, -0.1) is 11.3 Å². The summed E-state index contributed by atoms with van der Waals surface area (Å²) in [6.45, 7) is 0.386. The minimum Gasteiger partial charge on any atom is -0.497 e. The lowest BCUT2D eigenvalue weighted by Gasteiger charge is -2.10.